The van der Waals surface area contributed by atoms with Crippen molar-refractivity contribution in [3.63, 3.8) is 0 Å². The molecule has 4 atom stereocenters. The SMILES string of the molecule is COC(=O)C1C2C=CC(C2)C1C(=O)Oc1cccc2cccc(-c3cccc4cccc(OC)c34)c12. The van der Waals surface area contributed by atoms with E-state index in [1.807, 2.05) is 66.7 Å². The summed E-state index contributed by atoms with van der Waals surface area (Å²) in [5, 5.41) is 3.87. The predicted molar refractivity (Wildman–Crippen MR) is 139 cm³/mol. The van der Waals surface area contributed by atoms with E-state index in [4.69, 9.17) is 14.2 Å². The molecule has 0 heterocycles. The second kappa shape index (κ2) is 8.83. The van der Waals surface area contributed by atoms with Gasteiger partial charge in [-0.3, -0.25) is 9.59 Å². The lowest BCUT2D eigenvalue weighted by Gasteiger charge is -2.24. The molecule has 0 aromatic heterocycles. The Morgan fingerprint density at radius 1 is 0.667 bits per heavy atom. The van der Waals surface area contributed by atoms with Gasteiger partial charge in [0.15, 0.2) is 0 Å². The Kier molecular flexibility index (Phi) is 5.48. The third kappa shape index (κ3) is 3.46. The summed E-state index contributed by atoms with van der Waals surface area (Å²) in [5.74, 6) is -0.522. The van der Waals surface area contributed by atoms with E-state index in [0.717, 1.165) is 44.8 Å². The molecule has 0 radical (unpaired) electrons. The Morgan fingerprint density at radius 2 is 1.17 bits per heavy atom. The number of fused-ring (bicyclic) bond motifs is 4. The van der Waals surface area contributed by atoms with Gasteiger partial charge >= 0.3 is 11.9 Å². The molecule has 5 nitrogen and oxygen atoms in total. The highest BCUT2D eigenvalue weighted by molar-refractivity contribution is 6.10. The Bertz CT molecular complexity index is 1520. The summed E-state index contributed by atoms with van der Waals surface area (Å²) in [6.45, 7) is 0. The molecule has 4 aromatic carbocycles. The summed E-state index contributed by atoms with van der Waals surface area (Å²) in [6, 6.07) is 23.9. The smallest absolute Gasteiger partial charge is 0.315 e. The summed E-state index contributed by atoms with van der Waals surface area (Å²) in [4.78, 5) is 26.1. The monoisotopic (exact) mass is 478 g/mol. The Balaban J connectivity index is 1.47. The molecule has 0 aliphatic heterocycles. The fourth-order valence-corrected chi connectivity index (χ4v) is 6.09. The fraction of sp³-hybridized carbons (Fsp3) is 0.226. The van der Waals surface area contributed by atoms with Crippen LogP contribution in [0.3, 0.4) is 0 Å². The fourth-order valence-electron chi connectivity index (χ4n) is 6.09. The third-order valence-corrected chi connectivity index (χ3v) is 7.66. The van der Waals surface area contributed by atoms with Crippen LogP contribution in [0.4, 0.5) is 0 Å². The van der Waals surface area contributed by atoms with Crippen LogP contribution >= 0.6 is 0 Å². The minimum atomic E-state index is -0.549. The van der Waals surface area contributed by atoms with Gasteiger partial charge in [-0.25, -0.2) is 0 Å². The molecule has 0 amide bonds. The van der Waals surface area contributed by atoms with Gasteiger partial charge in [0, 0.05) is 10.8 Å². The molecule has 0 N–H and O–H groups in total. The lowest BCUT2D eigenvalue weighted by atomic mass is 9.83. The van der Waals surface area contributed by atoms with Crippen LogP contribution in [0.2, 0.25) is 0 Å². The van der Waals surface area contributed by atoms with Gasteiger partial charge in [0.05, 0.1) is 26.1 Å². The Morgan fingerprint density at radius 3 is 1.72 bits per heavy atom. The van der Waals surface area contributed by atoms with E-state index >= 15 is 0 Å². The molecule has 1 fully saturated rings. The first kappa shape index (κ1) is 22.4. The molecule has 2 bridgehead atoms. The van der Waals surface area contributed by atoms with E-state index in [1.54, 1.807) is 7.11 Å². The summed E-state index contributed by atoms with van der Waals surface area (Å²) in [7, 11) is 3.04. The minimum Gasteiger partial charge on any atom is -0.496 e. The minimum absolute atomic E-state index is 0.0108. The molecular weight excluding hydrogens is 452 g/mol. The average molecular weight is 479 g/mol. The van der Waals surface area contributed by atoms with Crippen LogP contribution in [0.15, 0.2) is 84.9 Å². The summed E-state index contributed by atoms with van der Waals surface area (Å²) >= 11 is 0. The number of hydrogen-bond acceptors (Lipinski definition) is 5. The van der Waals surface area contributed by atoms with Gasteiger partial charge in [-0.15, -0.1) is 0 Å². The van der Waals surface area contributed by atoms with Gasteiger partial charge in [-0.05, 0) is 52.3 Å². The van der Waals surface area contributed by atoms with E-state index in [1.165, 1.54) is 7.11 Å². The van der Waals surface area contributed by atoms with Gasteiger partial charge in [0.25, 0.3) is 0 Å². The maximum absolute atomic E-state index is 13.6. The highest BCUT2D eigenvalue weighted by Crippen LogP contribution is 2.49. The first-order valence-corrected chi connectivity index (χ1v) is 12.2. The van der Waals surface area contributed by atoms with Gasteiger partial charge in [0.1, 0.15) is 11.5 Å². The Hall–Kier alpha value is -4.12. The zero-order valence-corrected chi connectivity index (χ0v) is 20.1. The molecule has 0 spiro atoms. The largest absolute Gasteiger partial charge is 0.496 e. The van der Waals surface area contributed by atoms with Crippen molar-refractivity contribution in [3.8, 4) is 22.6 Å². The van der Waals surface area contributed by atoms with Crippen LogP contribution in [-0.4, -0.2) is 26.2 Å². The molecular formula is C31H26O5. The van der Waals surface area contributed by atoms with E-state index in [-0.39, 0.29) is 23.8 Å². The number of benzene rings is 4. The number of hydrogen-bond donors (Lipinski definition) is 0. The average Bonchev–Trinajstić information content (AvgIpc) is 3.54. The van der Waals surface area contributed by atoms with Crippen molar-refractivity contribution in [2.45, 2.75) is 6.42 Å². The zero-order chi connectivity index (χ0) is 24.8. The van der Waals surface area contributed by atoms with Gasteiger partial charge < -0.3 is 14.2 Å². The number of carbonyl (C=O) groups is 2. The molecule has 4 aromatic rings. The maximum Gasteiger partial charge on any atom is 0.315 e. The van der Waals surface area contributed by atoms with Crippen molar-refractivity contribution >= 4 is 33.5 Å². The van der Waals surface area contributed by atoms with Crippen LogP contribution in [0.5, 0.6) is 11.5 Å². The van der Waals surface area contributed by atoms with Crippen molar-refractivity contribution in [3.05, 3.63) is 84.9 Å². The quantitative estimate of drug-likeness (QED) is 0.195. The van der Waals surface area contributed by atoms with Crippen molar-refractivity contribution in [2.24, 2.45) is 23.7 Å². The predicted octanol–water partition coefficient (Wildman–Crippen LogP) is 6.19. The van der Waals surface area contributed by atoms with E-state index in [2.05, 4.69) is 18.2 Å². The maximum atomic E-state index is 13.6. The van der Waals surface area contributed by atoms with Crippen molar-refractivity contribution in [1.29, 1.82) is 0 Å². The van der Waals surface area contributed by atoms with Gasteiger partial charge in [-0.2, -0.15) is 0 Å². The van der Waals surface area contributed by atoms with Crippen LogP contribution < -0.4 is 9.47 Å². The normalized spacial score (nSPS) is 22.2. The number of rotatable bonds is 5. The van der Waals surface area contributed by atoms with Gasteiger partial charge in [0.2, 0.25) is 0 Å². The number of esters is 2. The molecule has 2 aliphatic rings. The zero-order valence-electron chi connectivity index (χ0n) is 20.1. The number of ether oxygens (including phenoxy) is 3. The van der Waals surface area contributed by atoms with E-state index in [9.17, 15) is 9.59 Å². The van der Waals surface area contributed by atoms with E-state index in [0.29, 0.717) is 5.75 Å². The highest BCUT2D eigenvalue weighted by atomic mass is 16.5. The van der Waals surface area contributed by atoms with Crippen LogP contribution in [0.1, 0.15) is 6.42 Å². The van der Waals surface area contributed by atoms with Crippen molar-refractivity contribution in [2.75, 3.05) is 14.2 Å². The van der Waals surface area contributed by atoms with Crippen molar-refractivity contribution in [1.82, 2.24) is 0 Å². The molecule has 2 aliphatic carbocycles. The van der Waals surface area contributed by atoms with E-state index < -0.39 is 11.8 Å². The molecule has 180 valence electrons. The summed E-state index contributed by atoms with van der Waals surface area (Å²) in [6.07, 6.45) is 4.84. The first-order chi connectivity index (χ1) is 17.6. The molecule has 1 saturated carbocycles. The van der Waals surface area contributed by atoms with Crippen LogP contribution in [0.25, 0.3) is 32.7 Å². The molecule has 5 heteroatoms. The molecule has 36 heavy (non-hydrogen) atoms. The van der Waals surface area contributed by atoms with Crippen LogP contribution in [0, 0.1) is 23.7 Å². The molecule has 0 saturated heterocycles. The molecule has 6 rings (SSSR count). The number of carbonyl (C=O) groups excluding carboxylic acids is 2. The van der Waals surface area contributed by atoms with Crippen LogP contribution in [-0.2, 0) is 14.3 Å². The lowest BCUT2D eigenvalue weighted by molar-refractivity contribution is -0.155. The lowest BCUT2D eigenvalue weighted by Crippen LogP contribution is -2.36. The van der Waals surface area contributed by atoms with Crippen molar-refractivity contribution < 1.29 is 23.8 Å². The highest BCUT2D eigenvalue weighted by Gasteiger charge is 2.53. The molecule has 4 unspecified atom stereocenters. The Labute approximate surface area is 209 Å². The first-order valence-electron chi connectivity index (χ1n) is 12.2. The summed E-state index contributed by atoms with van der Waals surface area (Å²) in [5.41, 5.74) is 1.94. The second-order valence-electron chi connectivity index (χ2n) is 9.47. The number of methoxy groups -OCH3 is 2. The summed E-state index contributed by atoms with van der Waals surface area (Å²) < 4.78 is 16.8. The number of allylic oxidation sites excluding steroid dienone is 2. The second-order valence-corrected chi connectivity index (χ2v) is 9.47. The topological polar surface area (TPSA) is 61.8 Å². The third-order valence-electron chi connectivity index (χ3n) is 7.66. The van der Waals surface area contributed by atoms with Gasteiger partial charge in [-0.1, -0.05) is 72.8 Å². The standard InChI is InChI=1S/C31H26O5/c1-34-24-13-5-9-18-7-3-11-22(26(18)24)23-12-4-8-19-10-6-14-25(27(19)23)36-31(33)29-21-16-15-20(17-21)28(29)30(32)35-2/h3-16,20-21,28-29H,17H2,1-2H3.